The topological polar surface area (TPSA) is 99.2 Å². The van der Waals surface area contributed by atoms with Crippen LogP contribution in [0.2, 0.25) is 0 Å². The van der Waals surface area contributed by atoms with E-state index in [1.54, 1.807) is 48.3 Å². The van der Waals surface area contributed by atoms with Crippen LogP contribution >= 0.6 is 11.3 Å². The van der Waals surface area contributed by atoms with Gasteiger partial charge < -0.3 is 15.8 Å². The highest BCUT2D eigenvalue weighted by atomic mass is 32.1. The molecule has 0 bridgehead atoms. The lowest BCUT2D eigenvalue weighted by atomic mass is 10.2. The minimum Gasteiger partial charge on any atom is -0.495 e. The summed E-state index contributed by atoms with van der Waals surface area (Å²) in [5.74, 6) is -0.303. The third kappa shape index (κ3) is 3.94. The number of nitrogens with one attached hydrogen (secondary N) is 1. The second kappa shape index (κ2) is 8.22. The molecule has 7 nitrogen and oxygen atoms in total. The van der Waals surface area contributed by atoms with Gasteiger partial charge in [0.2, 0.25) is 0 Å². The third-order valence-corrected chi connectivity index (χ3v) is 5.58. The molecule has 0 aliphatic heterocycles. The van der Waals surface area contributed by atoms with E-state index in [2.05, 4.69) is 10.4 Å². The molecule has 0 saturated heterocycles. The number of benzene rings is 2. The zero-order valence-electron chi connectivity index (χ0n) is 16.0. The predicted octanol–water partition coefficient (Wildman–Crippen LogP) is 3.96. The van der Waals surface area contributed by atoms with Gasteiger partial charge in [-0.25, -0.2) is 4.68 Å². The fourth-order valence-corrected chi connectivity index (χ4v) is 3.94. The average Bonchev–Trinajstić information content (AvgIpc) is 3.43. The molecular formula is C22H18N4O3S. The Morgan fingerprint density at radius 3 is 2.43 bits per heavy atom. The molecule has 0 aliphatic carbocycles. The highest BCUT2D eigenvalue weighted by molar-refractivity contribution is 7.17. The van der Waals surface area contributed by atoms with Gasteiger partial charge in [0.05, 0.1) is 12.8 Å². The van der Waals surface area contributed by atoms with E-state index in [4.69, 9.17) is 10.5 Å². The first-order chi connectivity index (χ1) is 14.5. The molecule has 4 aromatic rings. The lowest BCUT2D eigenvalue weighted by Crippen LogP contribution is -2.12. The van der Waals surface area contributed by atoms with Crippen LogP contribution in [0.15, 0.2) is 72.9 Å². The monoisotopic (exact) mass is 418 g/mol. The normalized spacial score (nSPS) is 10.6. The maximum Gasteiger partial charge on any atom is 0.269 e. The minimum atomic E-state index is -0.586. The molecule has 150 valence electrons. The number of primary amides is 1. The van der Waals surface area contributed by atoms with Crippen molar-refractivity contribution in [2.45, 2.75) is 0 Å². The van der Waals surface area contributed by atoms with Gasteiger partial charge in [0.15, 0.2) is 0 Å². The molecule has 0 atom stereocenters. The van der Waals surface area contributed by atoms with Crippen molar-refractivity contribution in [3.8, 4) is 21.9 Å². The number of anilines is 1. The number of ether oxygens (including phenoxy) is 1. The van der Waals surface area contributed by atoms with Crippen LogP contribution in [-0.4, -0.2) is 28.7 Å². The summed E-state index contributed by atoms with van der Waals surface area (Å²) in [6.07, 6.45) is 1.65. The first-order valence-electron chi connectivity index (χ1n) is 9.05. The summed E-state index contributed by atoms with van der Waals surface area (Å²) in [4.78, 5) is 25.5. The number of nitrogens with zero attached hydrogens (tertiary/aromatic N) is 2. The second-order valence-electron chi connectivity index (χ2n) is 6.38. The van der Waals surface area contributed by atoms with Gasteiger partial charge in [0, 0.05) is 16.8 Å². The second-order valence-corrected chi connectivity index (χ2v) is 7.44. The standard InChI is InChI=1S/C22H18N4O3S/c1-29-18-13-19(14-5-3-2-4-6-14)30-20(18)22(28)24-15-7-9-16(10-8-15)26-12-11-17(25-26)21(23)27/h2-13H,1H3,(H2,23,27)(H,24,28). The Morgan fingerprint density at radius 2 is 1.80 bits per heavy atom. The van der Waals surface area contributed by atoms with Crippen molar-refractivity contribution in [1.82, 2.24) is 9.78 Å². The van der Waals surface area contributed by atoms with Crippen molar-refractivity contribution >= 4 is 28.8 Å². The molecule has 0 radical (unpaired) electrons. The van der Waals surface area contributed by atoms with Crippen LogP contribution in [0.1, 0.15) is 20.2 Å². The summed E-state index contributed by atoms with van der Waals surface area (Å²) >= 11 is 1.38. The molecule has 4 rings (SSSR count). The average molecular weight is 418 g/mol. The number of amides is 2. The molecule has 0 fully saturated rings. The molecule has 3 N–H and O–H groups in total. The Kier molecular flexibility index (Phi) is 5.32. The van der Waals surface area contributed by atoms with Crippen molar-refractivity contribution in [2.24, 2.45) is 5.73 Å². The summed E-state index contributed by atoms with van der Waals surface area (Å²) in [7, 11) is 1.55. The van der Waals surface area contributed by atoms with Gasteiger partial charge in [0.25, 0.3) is 11.8 Å². The smallest absolute Gasteiger partial charge is 0.269 e. The molecule has 0 spiro atoms. The quantitative estimate of drug-likeness (QED) is 0.495. The molecule has 0 unspecified atom stereocenters. The fourth-order valence-electron chi connectivity index (χ4n) is 2.91. The van der Waals surface area contributed by atoms with E-state index in [0.717, 1.165) is 16.1 Å². The van der Waals surface area contributed by atoms with E-state index >= 15 is 0 Å². The number of hydrogen-bond donors (Lipinski definition) is 2. The van der Waals surface area contributed by atoms with Crippen molar-refractivity contribution < 1.29 is 14.3 Å². The van der Waals surface area contributed by atoms with Crippen LogP contribution < -0.4 is 15.8 Å². The van der Waals surface area contributed by atoms with Crippen LogP contribution in [0.25, 0.3) is 16.1 Å². The molecule has 8 heteroatoms. The van der Waals surface area contributed by atoms with Crippen LogP contribution in [-0.2, 0) is 0 Å². The van der Waals surface area contributed by atoms with Gasteiger partial charge in [-0.2, -0.15) is 5.10 Å². The number of methoxy groups -OCH3 is 1. The number of nitrogens with two attached hydrogens (primary N) is 1. The van der Waals surface area contributed by atoms with Gasteiger partial charge in [-0.1, -0.05) is 30.3 Å². The summed E-state index contributed by atoms with van der Waals surface area (Å²) in [6, 6.07) is 20.3. The summed E-state index contributed by atoms with van der Waals surface area (Å²) in [6.45, 7) is 0. The Labute approximate surface area is 176 Å². The predicted molar refractivity (Wildman–Crippen MR) is 116 cm³/mol. The zero-order valence-corrected chi connectivity index (χ0v) is 16.8. The maximum absolute atomic E-state index is 12.8. The highest BCUT2D eigenvalue weighted by Gasteiger charge is 2.18. The number of aromatic nitrogens is 2. The fraction of sp³-hybridized carbons (Fsp3) is 0.0455. The van der Waals surface area contributed by atoms with Gasteiger partial charge in [-0.15, -0.1) is 11.3 Å². The first-order valence-corrected chi connectivity index (χ1v) is 9.87. The van der Waals surface area contributed by atoms with E-state index in [0.29, 0.717) is 16.3 Å². The molecular weight excluding hydrogens is 400 g/mol. The summed E-state index contributed by atoms with van der Waals surface area (Å²) in [5.41, 5.74) is 7.81. The lowest BCUT2D eigenvalue weighted by Gasteiger charge is -2.07. The van der Waals surface area contributed by atoms with Gasteiger partial charge in [-0.3, -0.25) is 9.59 Å². The summed E-state index contributed by atoms with van der Waals surface area (Å²) in [5, 5.41) is 7.00. The van der Waals surface area contributed by atoms with Crippen LogP contribution in [0.3, 0.4) is 0 Å². The maximum atomic E-state index is 12.8. The molecule has 2 amide bonds. The zero-order chi connectivity index (χ0) is 21.1. The molecule has 2 aromatic heterocycles. The van der Waals surface area contributed by atoms with Crippen LogP contribution in [0.5, 0.6) is 5.75 Å². The van der Waals surface area contributed by atoms with Crippen LogP contribution in [0, 0.1) is 0 Å². The number of carbonyl (C=O) groups excluding carboxylic acids is 2. The van der Waals surface area contributed by atoms with Crippen molar-refractivity contribution in [3.63, 3.8) is 0 Å². The SMILES string of the molecule is COc1cc(-c2ccccc2)sc1C(=O)Nc1ccc(-n2ccc(C(N)=O)n2)cc1. The van der Waals surface area contributed by atoms with E-state index < -0.39 is 5.91 Å². The Hall–Kier alpha value is -3.91. The first kappa shape index (κ1) is 19.4. The van der Waals surface area contributed by atoms with E-state index in [1.165, 1.54) is 11.3 Å². The molecule has 30 heavy (non-hydrogen) atoms. The Morgan fingerprint density at radius 1 is 1.07 bits per heavy atom. The van der Waals surface area contributed by atoms with E-state index in [9.17, 15) is 9.59 Å². The number of rotatable bonds is 6. The number of hydrogen-bond acceptors (Lipinski definition) is 5. The lowest BCUT2D eigenvalue weighted by molar-refractivity contribution is 0.0993. The highest BCUT2D eigenvalue weighted by Crippen LogP contribution is 2.36. The van der Waals surface area contributed by atoms with E-state index in [1.807, 2.05) is 36.4 Å². The van der Waals surface area contributed by atoms with Crippen molar-refractivity contribution in [1.29, 1.82) is 0 Å². The van der Waals surface area contributed by atoms with Crippen molar-refractivity contribution in [3.05, 3.63) is 83.5 Å². The van der Waals surface area contributed by atoms with Crippen molar-refractivity contribution in [2.75, 3.05) is 12.4 Å². The molecule has 0 saturated carbocycles. The van der Waals surface area contributed by atoms with Gasteiger partial charge in [0.1, 0.15) is 16.3 Å². The molecule has 2 heterocycles. The largest absolute Gasteiger partial charge is 0.495 e. The Bertz CT molecular complexity index is 1200. The molecule has 2 aromatic carbocycles. The van der Waals surface area contributed by atoms with E-state index in [-0.39, 0.29) is 11.6 Å². The Balaban J connectivity index is 1.52. The number of thiophene rings is 1. The minimum absolute atomic E-state index is 0.186. The summed E-state index contributed by atoms with van der Waals surface area (Å²) < 4.78 is 6.95. The van der Waals surface area contributed by atoms with Crippen LogP contribution in [0.4, 0.5) is 5.69 Å². The molecule has 0 aliphatic rings. The third-order valence-electron chi connectivity index (χ3n) is 4.41. The van der Waals surface area contributed by atoms with Gasteiger partial charge in [-0.05, 0) is 42.0 Å². The van der Waals surface area contributed by atoms with Gasteiger partial charge >= 0.3 is 0 Å². The number of carbonyl (C=O) groups is 2.